The Labute approximate surface area is 195 Å². The van der Waals surface area contributed by atoms with Crippen molar-refractivity contribution in [1.82, 2.24) is 9.55 Å². The Balaban J connectivity index is 1.83. The maximum Gasteiger partial charge on any atom is 0.194 e. The first kappa shape index (κ1) is 25.0. The third-order valence-electron chi connectivity index (χ3n) is 4.98. The third kappa shape index (κ3) is 6.02. The van der Waals surface area contributed by atoms with Crippen LogP contribution in [0.1, 0.15) is 31.5 Å². The highest BCUT2D eigenvalue weighted by Gasteiger charge is 2.22. The van der Waals surface area contributed by atoms with Gasteiger partial charge in [-0.1, -0.05) is 0 Å². The summed E-state index contributed by atoms with van der Waals surface area (Å²) in [5.41, 5.74) is 7.26. The normalized spacial score (nSPS) is 12.8. The average molecular weight is 473 g/mol. The van der Waals surface area contributed by atoms with Crippen LogP contribution in [-0.2, 0) is 6.54 Å². The molecule has 0 unspecified atom stereocenters. The lowest BCUT2D eigenvalue weighted by Gasteiger charge is -2.20. The van der Waals surface area contributed by atoms with Crippen LogP contribution in [0.15, 0.2) is 52.8 Å². The summed E-state index contributed by atoms with van der Waals surface area (Å²) < 4.78 is 47.4. The number of ether oxygens (including phenoxy) is 1. The quantitative estimate of drug-likeness (QED) is 0.288. The molecule has 7 nitrogen and oxygen atoms in total. The molecule has 0 saturated heterocycles. The number of methoxy groups -OCH3 is 1. The second-order valence-electron chi connectivity index (χ2n) is 8.25. The van der Waals surface area contributed by atoms with Gasteiger partial charge in [-0.3, -0.25) is 4.99 Å². The van der Waals surface area contributed by atoms with Crippen LogP contribution in [0.2, 0.25) is 0 Å². The summed E-state index contributed by atoms with van der Waals surface area (Å²) in [7, 11) is 1.54. The zero-order valence-corrected chi connectivity index (χ0v) is 19.3. The molecular formula is C24H26F3N5O2. The summed E-state index contributed by atoms with van der Waals surface area (Å²) in [4.78, 5) is 12.9. The SMILES string of the molecule is COc1cc(N=C(N)CC(=NCc2cc(F)c(F)c(F)c2)C(C)(C)O)ccc1-n1cnc(C)c1. The number of hydrogen-bond acceptors (Lipinski definition) is 5. The highest BCUT2D eigenvalue weighted by atomic mass is 19.2. The van der Waals surface area contributed by atoms with E-state index in [4.69, 9.17) is 10.5 Å². The van der Waals surface area contributed by atoms with Crippen LogP contribution in [0.25, 0.3) is 5.69 Å². The lowest BCUT2D eigenvalue weighted by Crippen LogP contribution is -2.35. The predicted octanol–water partition coefficient (Wildman–Crippen LogP) is 4.40. The molecule has 1 heterocycles. The van der Waals surface area contributed by atoms with E-state index in [0.717, 1.165) is 23.5 Å². The molecule has 0 atom stereocenters. The second-order valence-corrected chi connectivity index (χ2v) is 8.25. The van der Waals surface area contributed by atoms with Gasteiger partial charge in [-0.15, -0.1) is 0 Å². The van der Waals surface area contributed by atoms with Crippen molar-refractivity contribution in [3.05, 3.63) is 71.6 Å². The van der Waals surface area contributed by atoms with Crippen molar-refractivity contribution < 1.29 is 23.0 Å². The van der Waals surface area contributed by atoms with Gasteiger partial charge in [0.1, 0.15) is 11.6 Å². The van der Waals surface area contributed by atoms with Crippen LogP contribution in [0.5, 0.6) is 5.75 Å². The zero-order chi connectivity index (χ0) is 25.0. The summed E-state index contributed by atoms with van der Waals surface area (Å²) in [6.07, 6.45) is 3.54. The first-order valence-corrected chi connectivity index (χ1v) is 10.4. The molecule has 10 heteroatoms. The summed E-state index contributed by atoms with van der Waals surface area (Å²) in [5.74, 6) is -3.44. The molecule has 0 fully saturated rings. The molecular weight excluding hydrogens is 447 g/mol. The standard InChI is InChI=1S/C24H26F3N5O2/c1-14-12-32(13-30-14)19-6-5-16(9-20(19)34-4)31-22(28)10-21(24(2,3)33)29-11-15-7-17(25)23(27)18(26)8-15/h5-9,12-13,33H,10-11H2,1-4H3,(H2,28,31). The van der Waals surface area contributed by atoms with Gasteiger partial charge < -0.3 is 20.1 Å². The van der Waals surface area contributed by atoms with Crippen molar-refractivity contribution in [3.63, 3.8) is 0 Å². The van der Waals surface area contributed by atoms with E-state index >= 15 is 0 Å². The van der Waals surface area contributed by atoms with Crippen LogP contribution in [0, 0.1) is 24.4 Å². The Morgan fingerprint density at radius 1 is 1.18 bits per heavy atom. The summed E-state index contributed by atoms with van der Waals surface area (Å²) in [5, 5.41) is 10.5. The molecule has 180 valence electrons. The Morgan fingerprint density at radius 2 is 1.85 bits per heavy atom. The number of aryl methyl sites for hydroxylation is 1. The molecule has 1 aromatic heterocycles. The Kier molecular flexibility index (Phi) is 7.41. The molecule has 2 aromatic carbocycles. The van der Waals surface area contributed by atoms with Crippen LogP contribution >= 0.6 is 0 Å². The van der Waals surface area contributed by atoms with E-state index in [-0.39, 0.29) is 30.1 Å². The lowest BCUT2D eigenvalue weighted by molar-refractivity contribution is 0.152. The highest BCUT2D eigenvalue weighted by molar-refractivity contribution is 6.07. The van der Waals surface area contributed by atoms with Crippen LogP contribution < -0.4 is 10.5 Å². The van der Waals surface area contributed by atoms with Crippen LogP contribution in [0.4, 0.5) is 18.9 Å². The van der Waals surface area contributed by atoms with Crippen molar-refractivity contribution in [2.45, 2.75) is 39.3 Å². The van der Waals surface area contributed by atoms with Gasteiger partial charge in [0.15, 0.2) is 17.5 Å². The van der Waals surface area contributed by atoms with Crippen molar-refractivity contribution in [2.75, 3.05) is 7.11 Å². The van der Waals surface area contributed by atoms with Crippen molar-refractivity contribution in [2.24, 2.45) is 15.7 Å². The van der Waals surface area contributed by atoms with E-state index in [9.17, 15) is 18.3 Å². The minimum Gasteiger partial charge on any atom is -0.494 e. The fourth-order valence-corrected chi connectivity index (χ4v) is 3.23. The van der Waals surface area contributed by atoms with Gasteiger partial charge in [0.25, 0.3) is 0 Å². The molecule has 0 aliphatic rings. The van der Waals surface area contributed by atoms with Gasteiger partial charge in [0, 0.05) is 18.7 Å². The second kappa shape index (κ2) is 10.1. The predicted molar refractivity (Wildman–Crippen MR) is 125 cm³/mol. The highest BCUT2D eigenvalue weighted by Crippen LogP contribution is 2.28. The van der Waals surface area contributed by atoms with Gasteiger partial charge in [0.2, 0.25) is 0 Å². The van der Waals surface area contributed by atoms with E-state index in [0.29, 0.717) is 11.4 Å². The summed E-state index contributed by atoms with van der Waals surface area (Å²) in [6, 6.07) is 7.00. The number of aromatic nitrogens is 2. The number of aliphatic imine (C=N–C) groups is 2. The van der Waals surface area contributed by atoms with Gasteiger partial charge in [-0.25, -0.2) is 23.1 Å². The monoisotopic (exact) mass is 473 g/mol. The first-order chi connectivity index (χ1) is 16.0. The number of amidine groups is 1. The Bertz CT molecular complexity index is 1220. The number of halogens is 3. The largest absolute Gasteiger partial charge is 0.494 e. The Morgan fingerprint density at radius 3 is 2.41 bits per heavy atom. The van der Waals surface area contributed by atoms with Gasteiger partial charge in [-0.05, 0) is 50.6 Å². The lowest BCUT2D eigenvalue weighted by atomic mass is 9.99. The van der Waals surface area contributed by atoms with Gasteiger partial charge >= 0.3 is 0 Å². The van der Waals surface area contributed by atoms with E-state index < -0.39 is 23.1 Å². The number of nitrogens with zero attached hydrogens (tertiary/aromatic N) is 4. The number of nitrogens with two attached hydrogens (primary N) is 1. The summed E-state index contributed by atoms with van der Waals surface area (Å²) in [6.45, 7) is 4.73. The number of hydrogen-bond donors (Lipinski definition) is 2. The van der Waals surface area contributed by atoms with Crippen LogP contribution in [-0.4, -0.2) is 38.9 Å². The minimum atomic E-state index is -1.54. The summed E-state index contributed by atoms with van der Waals surface area (Å²) >= 11 is 0. The molecule has 3 aromatic rings. The van der Waals surface area contributed by atoms with Crippen molar-refractivity contribution >= 4 is 17.2 Å². The van der Waals surface area contributed by atoms with E-state index in [1.54, 1.807) is 25.6 Å². The molecule has 0 spiro atoms. The average Bonchev–Trinajstić information content (AvgIpc) is 3.19. The fraction of sp³-hybridized carbons (Fsp3) is 0.292. The molecule has 3 N–H and O–H groups in total. The van der Waals surface area contributed by atoms with Gasteiger partial charge in [0.05, 0.1) is 48.4 Å². The molecule has 0 radical (unpaired) electrons. The number of rotatable bonds is 8. The molecule has 0 bridgehead atoms. The zero-order valence-electron chi connectivity index (χ0n) is 19.3. The van der Waals surface area contributed by atoms with Gasteiger partial charge in [-0.2, -0.15) is 0 Å². The Hall–Kier alpha value is -3.66. The smallest absolute Gasteiger partial charge is 0.194 e. The molecule has 0 amide bonds. The molecule has 0 saturated carbocycles. The molecule has 0 aliphatic heterocycles. The maximum atomic E-state index is 13.5. The van der Waals surface area contributed by atoms with E-state index in [1.165, 1.54) is 13.8 Å². The third-order valence-corrected chi connectivity index (χ3v) is 4.98. The van der Waals surface area contributed by atoms with Crippen LogP contribution in [0.3, 0.4) is 0 Å². The minimum absolute atomic E-state index is 0.000438. The van der Waals surface area contributed by atoms with E-state index in [2.05, 4.69) is 15.0 Å². The molecule has 34 heavy (non-hydrogen) atoms. The maximum absolute atomic E-state index is 13.5. The van der Waals surface area contributed by atoms with E-state index in [1.807, 2.05) is 23.8 Å². The van der Waals surface area contributed by atoms with Crippen molar-refractivity contribution in [3.8, 4) is 11.4 Å². The topological polar surface area (TPSA) is 98.0 Å². The fourth-order valence-electron chi connectivity index (χ4n) is 3.23. The molecule has 3 rings (SSSR count). The number of benzene rings is 2. The number of imidazole rings is 1. The molecule has 0 aliphatic carbocycles. The number of aliphatic hydroxyl groups is 1. The van der Waals surface area contributed by atoms with Crippen molar-refractivity contribution in [1.29, 1.82) is 0 Å². The first-order valence-electron chi connectivity index (χ1n) is 10.4.